The zero-order valence-corrected chi connectivity index (χ0v) is 22.6. The maximum atomic E-state index is 7.84. The number of rotatable bonds is 10. The van der Waals surface area contributed by atoms with E-state index in [1.165, 1.54) is 65.3 Å². The second kappa shape index (κ2) is 10.7. The summed E-state index contributed by atoms with van der Waals surface area (Å²) in [5.41, 5.74) is 1.37. The van der Waals surface area contributed by atoms with Crippen LogP contribution in [0, 0.1) is 5.92 Å². The predicted octanol–water partition coefficient (Wildman–Crippen LogP) is 7.82. The van der Waals surface area contributed by atoms with E-state index >= 15 is 0 Å². The number of hydrogen-bond acceptors (Lipinski definition) is 1. The third-order valence-corrected chi connectivity index (χ3v) is 13.9. The molecule has 1 aliphatic heterocycles. The first-order valence-electron chi connectivity index (χ1n) is 13.7. The van der Waals surface area contributed by atoms with Crippen LogP contribution in [0.3, 0.4) is 0 Å². The quantitative estimate of drug-likeness (QED) is 0.161. The summed E-state index contributed by atoms with van der Waals surface area (Å²) in [7, 11) is 0. The average molecular weight is 495 g/mol. The molecule has 0 saturated carbocycles. The first kappa shape index (κ1) is 24.9. The predicted molar refractivity (Wildman–Crippen MR) is 158 cm³/mol. The Balaban J connectivity index is 1.74. The molecular weight excluding hydrogens is 455 g/mol. The molecule has 4 aromatic rings. The molecule has 0 aromatic heterocycles. The van der Waals surface area contributed by atoms with Gasteiger partial charge in [-0.1, -0.05) is 0 Å². The van der Waals surface area contributed by atoms with E-state index in [1.54, 1.807) is 0 Å². The van der Waals surface area contributed by atoms with Crippen LogP contribution in [0.4, 0.5) is 0 Å². The van der Waals surface area contributed by atoms with E-state index in [1.807, 2.05) is 0 Å². The molecule has 5 rings (SSSR count). The zero-order valence-electron chi connectivity index (χ0n) is 21.7. The van der Waals surface area contributed by atoms with Crippen LogP contribution >= 0.6 is 6.83 Å². The molecule has 0 radical (unpaired) electrons. The monoisotopic (exact) mass is 494 g/mol. The van der Waals surface area contributed by atoms with Crippen molar-refractivity contribution < 1.29 is 4.52 Å². The molecule has 0 bridgehead atoms. The topological polar surface area (TPSA) is 9.23 Å². The van der Waals surface area contributed by atoms with Gasteiger partial charge in [-0.15, -0.1) is 0 Å². The van der Waals surface area contributed by atoms with Crippen molar-refractivity contribution in [3.63, 3.8) is 0 Å². The van der Waals surface area contributed by atoms with Crippen LogP contribution < -0.4 is 21.2 Å². The second-order valence-electron chi connectivity index (χ2n) is 10.3. The maximum absolute atomic E-state index is 7.84. The second-order valence-corrected chi connectivity index (χ2v) is 14.6. The summed E-state index contributed by atoms with van der Waals surface area (Å²) in [5, 5.41) is 5.22. The van der Waals surface area contributed by atoms with Crippen molar-refractivity contribution in [2.75, 3.05) is 0 Å². The Bertz CT molecular complexity index is 1150. The van der Waals surface area contributed by atoms with E-state index < -0.39 is 6.83 Å². The Labute approximate surface area is 217 Å². The van der Waals surface area contributed by atoms with E-state index in [0.717, 1.165) is 0 Å². The standard InChI is InChI=1S/C34H39OP/c1-3-4-5-6-10-19-28(2)34-32-26-17-18-27-33(32)36(35-34,29-20-11-7-12-21-29,30-22-13-8-14-23-30)31-24-15-9-16-25-31/h7-9,11-18,20-28,34H,3-6,10,19H2,1-2H3. The van der Waals surface area contributed by atoms with Crippen molar-refractivity contribution in [3.8, 4) is 0 Å². The van der Waals surface area contributed by atoms with Gasteiger partial charge in [-0.2, -0.15) is 0 Å². The number of unbranched alkanes of at least 4 members (excludes halogenated alkanes) is 4. The van der Waals surface area contributed by atoms with Crippen LogP contribution in [0.2, 0.25) is 0 Å². The Morgan fingerprint density at radius 3 is 1.61 bits per heavy atom. The van der Waals surface area contributed by atoms with Crippen LogP contribution in [0.25, 0.3) is 0 Å². The van der Waals surface area contributed by atoms with Gasteiger partial charge in [-0.3, -0.25) is 0 Å². The van der Waals surface area contributed by atoms with Crippen LogP contribution in [0.1, 0.15) is 64.0 Å². The van der Waals surface area contributed by atoms with Gasteiger partial charge in [-0.25, -0.2) is 0 Å². The summed E-state index contributed by atoms with van der Waals surface area (Å²) < 4.78 is 7.84. The van der Waals surface area contributed by atoms with E-state index in [9.17, 15) is 0 Å². The van der Waals surface area contributed by atoms with Crippen molar-refractivity contribution in [3.05, 3.63) is 121 Å². The molecule has 2 atom stereocenters. The van der Waals surface area contributed by atoms with Gasteiger partial charge in [0.15, 0.2) is 0 Å². The van der Waals surface area contributed by atoms with Crippen molar-refractivity contribution in [2.45, 2.75) is 58.5 Å². The van der Waals surface area contributed by atoms with Crippen molar-refractivity contribution >= 4 is 28.0 Å². The van der Waals surface area contributed by atoms with Crippen molar-refractivity contribution in [1.82, 2.24) is 0 Å². The minimum atomic E-state index is -3.45. The van der Waals surface area contributed by atoms with Crippen molar-refractivity contribution in [2.24, 2.45) is 5.92 Å². The molecular formula is C34H39OP. The van der Waals surface area contributed by atoms with Gasteiger partial charge in [0, 0.05) is 0 Å². The Morgan fingerprint density at radius 1 is 0.611 bits per heavy atom. The van der Waals surface area contributed by atoms with Crippen LogP contribution in [0.15, 0.2) is 115 Å². The van der Waals surface area contributed by atoms with Crippen molar-refractivity contribution in [1.29, 1.82) is 0 Å². The average Bonchev–Trinajstić information content (AvgIpc) is 3.28. The molecule has 0 fully saturated rings. The number of benzene rings is 4. The van der Waals surface area contributed by atoms with Gasteiger partial charge in [-0.05, 0) is 0 Å². The van der Waals surface area contributed by atoms with Crippen LogP contribution in [-0.2, 0) is 4.52 Å². The summed E-state index contributed by atoms with van der Waals surface area (Å²) in [6.07, 6.45) is 7.79. The van der Waals surface area contributed by atoms with Gasteiger partial charge < -0.3 is 0 Å². The van der Waals surface area contributed by atoms with Gasteiger partial charge in [0.2, 0.25) is 0 Å². The third-order valence-electron chi connectivity index (χ3n) is 8.05. The van der Waals surface area contributed by atoms with E-state index in [2.05, 4.69) is 129 Å². The molecule has 1 nitrogen and oxygen atoms in total. The Hall–Kier alpha value is -2.73. The van der Waals surface area contributed by atoms with E-state index in [4.69, 9.17) is 4.52 Å². The normalized spacial score (nSPS) is 19.6. The summed E-state index contributed by atoms with van der Waals surface area (Å²) in [6, 6.07) is 42.3. The van der Waals surface area contributed by atoms with E-state index in [-0.39, 0.29) is 6.10 Å². The van der Waals surface area contributed by atoms with Crippen LogP contribution in [0.5, 0.6) is 0 Å². The van der Waals surface area contributed by atoms with Crippen LogP contribution in [-0.4, -0.2) is 0 Å². The Morgan fingerprint density at radius 2 is 1.08 bits per heavy atom. The zero-order chi connectivity index (χ0) is 24.9. The summed E-state index contributed by atoms with van der Waals surface area (Å²) in [4.78, 5) is 0. The van der Waals surface area contributed by atoms with Gasteiger partial charge in [0.1, 0.15) is 0 Å². The third kappa shape index (κ3) is 3.94. The molecule has 4 aromatic carbocycles. The summed E-state index contributed by atoms with van der Waals surface area (Å²) >= 11 is 0. The molecule has 186 valence electrons. The molecule has 36 heavy (non-hydrogen) atoms. The SMILES string of the molecule is CCCCCCCC(C)C1OP(c2ccccc2)(c2ccccc2)(c2ccccc2)c2ccccc21. The fourth-order valence-corrected chi connectivity index (χ4v) is 12.5. The number of fused-ring (bicyclic) bond motifs is 1. The molecule has 1 aliphatic rings. The molecule has 0 aliphatic carbocycles. The van der Waals surface area contributed by atoms with E-state index in [0.29, 0.717) is 5.92 Å². The molecule has 1 heterocycles. The van der Waals surface area contributed by atoms with Gasteiger partial charge in [0.05, 0.1) is 0 Å². The minimum absolute atomic E-state index is 0.0608. The first-order valence-corrected chi connectivity index (χ1v) is 15.8. The molecule has 0 amide bonds. The fraction of sp³-hybridized carbons (Fsp3) is 0.294. The first-order chi connectivity index (χ1) is 17.7. The molecule has 0 spiro atoms. The summed E-state index contributed by atoms with van der Waals surface area (Å²) in [5.74, 6) is 0.438. The molecule has 0 saturated heterocycles. The summed E-state index contributed by atoms with van der Waals surface area (Å²) in [6.45, 7) is 1.24. The fourth-order valence-electron chi connectivity index (χ4n) is 6.27. The number of hydrogen-bond donors (Lipinski definition) is 0. The van der Waals surface area contributed by atoms with Gasteiger partial charge >= 0.3 is 218 Å². The Kier molecular flexibility index (Phi) is 7.42. The van der Waals surface area contributed by atoms with Gasteiger partial charge in [0.25, 0.3) is 0 Å². The molecule has 2 heteroatoms. The molecule has 0 N–H and O–H groups in total. The molecule has 2 unspecified atom stereocenters.